The highest BCUT2D eigenvalue weighted by Crippen LogP contribution is 2.28. The predicted molar refractivity (Wildman–Crippen MR) is 79.3 cm³/mol. The van der Waals surface area contributed by atoms with Crippen LogP contribution in [-0.4, -0.2) is 16.2 Å². The van der Waals surface area contributed by atoms with Crippen LogP contribution in [0.1, 0.15) is 10.4 Å². The number of nitrogens with zero attached hydrogens (tertiary/aromatic N) is 1. The van der Waals surface area contributed by atoms with Crippen LogP contribution in [0, 0.1) is 0 Å². The molecule has 1 aromatic heterocycles. The van der Waals surface area contributed by atoms with Gasteiger partial charge in [0.25, 0.3) is 0 Å². The first-order chi connectivity index (χ1) is 10.1. The number of carboxylic acid groups (broad SMARTS) is 1. The second-order valence-corrected chi connectivity index (χ2v) is 4.87. The Morgan fingerprint density at radius 2 is 1.81 bits per heavy atom. The Labute approximate surface area is 125 Å². The molecule has 0 unspecified atom stereocenters. The van der Waals surface area contributed by atoms with E-state index in [-0.39, 0.29) is 5.56 Å². The molecule has 0 radical (unpaired) electrons. The number of hydrogen-bond donors (Lipinski definition) is 1. The summed E-state index contributed by atoms with van der Waals surface area (Å²) < 4.78 is 5.29. The number of hydrogen-bond acceptors (Lipinski definition) is 3. The van der Waals surface area contributed by atoms with Gasteiger partial charge in [-0.05, 0) is 30.3 Å². The number of carboxylic acids is 1. The molecule has 0 amide bonds. The minimum Gasteiger partial charge on any atom is -0.478 e. The molecule has 3 rings (SSSR count). The van der Waals surface area contributed by atoms with Gasteiger partial charge in [-0.15, -0.1) is 0 Å². The van der Waals surface area contributed by atoms with Crippen molar-refractivity contribution < 1.29 is 14.4 Å². The normalized spacial score (nSPS) is 10.5. The van der Waals surface area contributed by atoms with Crippen LogP contribution in [0.2, 0.25) is 5.02 Å². The number of benzene rings is 2. The average molecular weight is 300 g/mol. The van der Waals surface area contributed by atoms with Gasteiger partial charge in [-0.3, -0.25) is 0 Å². The Morgan fingerprint density at radius 3 is 2.52 bits per heavy atom. The van der Waals surface area contributed by atoms with Gasteiger partial charge < -0.3 is 9.63 Å². The third kappa shape index (κ3) is 2.66. The van der Waals surface area contributed by atoms with Crippen molar-refractivity contribution in [3.05, 3.63) is 65.2 Å². The van der Waals surface area contributed by atoms with Crippen molar-refractivity contribution in [1.29, 1.82) is 0 Å². The van der Waals surface area contributed by atoms with Crippen LogP contribution < -0.4 is 0 Å². The molecule has 1 N–H and O–H groups in total. The van der Waals surface area contributed by atoms with E-state index in [4.69, 9.17) is 16.1 Å². The highest BCUT2D eigenvalue weighted by molar-refractivity contribution is 6.30. The molecule has 2 aromatic carbocycles. The van der Waals surface area contributed by atoms with E-state index in [2.05, 4.69) is 5.16 Å². The number of rotatable bonds is 3. The molecular formula is C16H10ClNO3. The fraction of sp³-hybridized carbons (Fsp3) is 0. The molecule has 5 heteroatoms. The maximum atomic E-state index is 11.2. The molecule has 0 bridgehead atoms. The molecule has 0 aliphatic heterocycles. The Morgan fingerprint density at radius 1 is 1.10 bits per heavy atom. The van der Waals surface area contributed by atoms with E-state index in [1.54, 1.807) is 36.4 Å². The van der Waals surface area contributed by atoms with Crippen LogP contribution in [-0.2, 0) is 0 Å². The lowest BCUT2D eigenvalue weighted by atomic mass is 10.0. The highest BCUT2D eigenvalue weighted by atomic mass is 35.5. The first-order valence-electron chi connectivity index (χ1n) is 6.20. The smallest absolute Gasteiger partial charge is 0.336 e. The maximum absolute atomic E-state index is 11.2. The third-order valence-corrected chi connectivity index (χ3v) is 3.32. The van der Waals surface area contributed by atoms with Gasteiger partial charge in [0.05, 0.1) is 5.56 Å². The second kappa shape index (κ2) is 5.42. The van der Waals surface area contributed by atoms with Gasteiger partial charge in [-0.25, -0.2) is 4.79 Å². The van der Waals surface area contributed by atoms with Crippen LogP contribution in [0.4, 0.5) is 0 Å². The van der Waals surface area contributed by atoms with Crippen LogP contribution in [0.15, 0.2) is 59.1 Å². The lowest BCUT2D eigenvalue weighted by Crippen LogP contribution is -1.98. The van der Waals surface area contributed by atoms with Crippen molar-refractivity contribution in [2.75, 3.05) is 0 Å². The first kappa shape index (κ1) is 13.4. The van der Waals surface area contributed by atoms with Crippen molar-refractivity contribution >= 4 is 17.6 Å². The molecule has 4 nitrogen and oxygen atoms in total. The Bertz CT molecular complexity index is 793. The fourth-order valence-corrected chi connectivity index (χ4v) is 2.17. The van der Waals surface area contributed by atoms with Gasteiger partial charge in [-0.1, -0.05) is 35.0 Å². The zero-order valence-electron chi connectivity index (χ0n) is 10.8. The van der Waals surface area contributed by atoms with E-state index in [0.29, 0.717) is 22.0 Å². The van der Waals surface area contributed by atoms with Crippen molar-refractivity contribution in [3.63, 3.8) is 0 Å². The van der Waals surface area contributed by atoms with E-state index in [9.17, 15) is 9.90 Å². The lowest BCUT2D eigenvalue weighted by molar-refractivity contribution is 0.0697. The van der Waals surface area contributed by atoms with Crippen molar-refractivity contribution in [2.45, 2.75) is 0 Å². The topological polar surface area (TPSA) is 63.3 Å². The van der Waals surface area contributed by atoms with Crippen LogP contribution in [0.3, 0.4) is 0 Å². The van der Waals surface area contributed by atoms with Gasteiger partial charge in [-0.2, -0.15) is 0 Å². The van der Waals surface area contributed by atoms with Crippen molar-refractivity contribution in [2.24, 2.45) is 0 Å². The van der Waals surface area contributed by atoms with Gasteiger partial charge in [0, 0.05) is 22.2 Å². The highest BCUT2D eigenvalue weighted by Gasteiger charge is 2.15. The Kier molecular flexibility index (Phi) is 3.46. The molecule has 21 heavy (non-hydrogen) atoms. The molecule has 0 aliphatic carbocycles. The number of aromatic nitrogens is 1. The summed E-state index contributed by atoms with van der Waals surface area (Å²) in [5.41, 5.74) is 2.02. The molecule has 0 fully saturated rings. The molecule has 3 aromatic rings. The molecule has 0 spiro atoms. The molecule has 0 aliphatic rings. The lowest BCUT2D eigenvalue weighted by Gasteiger charge is -2.00. The molecule has 1 heterocycles. The van der Waals surface area contributed by atoms with Crippen LogP contribution >= 0.6 is 11.6 Å². The maximum Gasteiger partial charge on any atom is 0.336 e. The van der Waals surface area contributed by atoms with Crippen molar-refractivity contribution in [3.8, 4) is 22.6 Å². The van der Waals surface area contributed by atoms with Gasteiger partial charge in [0.1, 0.15) is 5.69 Å². The van der Waals surface area contributed by atoms with Gasteiger partial charge in [0.2, 0.25) is 0 Å². The summed E-state index contributed by atoms with van der Waals surface area (Å²) in [5, 5.41) is 13.8. The summed E-state index contributed by atoms with van der Waals surface area (Å²) in [7, 11) is 0. The summed E-state index contributed by atoms with van der Waals surface area (Å²) in [4.78, 5) is 11.2. The molecule has 0 saturated carbocycles. The van der Waals surface area contributed by atoms with Crippen molar-refractivity contribution in [1.82, 2.24) is 5.16 Å². The molecule has 104 valence electrons. The molecular weight excluding hydrogens is 290 g/mol. The largest absolute Gasteiger partial charge is 0.478 e. The van der Waals surface area contributed by atoms with Gasteiger partial charge in [0.15, 0.2) is 5.76 Å². The zero-order valence-corrected chi connectivity index (χ0v) is 11.5. The van der Waals surface area contributed by atoms with E-state index in [1.807, 2.05) is 12.1 Å². The summed E-state index contributed by atoms with van der Waals surface area (Å²) in [6.07, 6.45) is 0. The fourth-order valence-electron chi connectivity index (χ4n) is 2.05. The minimum atomic E-state index is -0.998. The summed E-state index contributed by atoms with van der Waals surface area (Å²) >= 11 is 5.84. The van der Waals surface area contributed by atoms with E-state index in [1.165, 1.54) is 6.07 Å². The second-order valence-electron chi connectivity index (χ2n) is 4.43. The molecule has 0 saturated heterocycles. The molecule has 0 atom stereocenters. The van der Waals surface area contributed by atoms with E-state index < -0.39 is 5.97 Å². The predicted octanol–water partition coefficient (Wildman–Crippen LogP) is 4.36. The van der Waals surface area contributed by atoms with Crippen LogP contribution in [0.5, 0.6) is 0 Å². The number of carbonyl (C=O) groups is 1. The minimum absolute atomic E-state index is 0.188. The van der Waals surface area contributed by atoms with Gasteiger partial charge >= 0.3 is 5.97 Å². The monoisotopic (exact) mass is 299 g/mol. The number of halogens is 1. The van der Waals surface area contributed by atoms with E-state index >= 15 is 0 Å². The van der Waals surface area contributed by atoms with E-state index in [0.717, 1.165) is 5.56 Å². The Hall–Kier alpha value is -2.59. The third-order valence-electron chi connectivity index (χ3n) is 3.07. The van der Waals surface area contributed by atoms with Crippen LogP contribution in [0.25, 0.3) is 22.6 Å². The first-order valence-corrected chi connectivity index (χ1v) is 6.58. The quantitative estimate of drug-likeness (QED) is 0.780. The summed E-state index contributed by atoms with van der Waals surface area (Å²) in [6.45, 7) is 0. The average Bonchev–Trinajstić information content (AvgIpc) is 2.97. The number of aromatic carboxylic acids is 1. The standard InChI is InChI=1S/C16H10ClNO3/c17-11-7-5-10(6-8-11)15-9-14(18-21-15)12-3-1-2-4-13(12)16(19)20/h1-9H,(H,19,20). The summed E-state index contributed by atoms with van der Waals surface area (Å²) in [5.74, 6) is -0.441. The SMILES string of the molecule is O=C(O)c1ccccc1-c1cc(-c2ccc(Cl)cc2)on1. The Balaban J connectivity index is 2.03. The zero-order chi connectivity index (χ0) is 14.8. The summed E-state index contributed by atoms with van der Waals surface area (Å²) in [6, 6.07) is 15.5.